The average molecular weight is 458 g/mol. The van der Waals surface area contributed by atoms with Gasteiger partial charge in [-0.15, -0.1) is 0 Å². The number of imidazole rings is 1. The van der Waals surface area contributed by atoms with E-state index in [1.54, 1.807) is 7.11 Å². The number of hydrogen-bond acceptors (Lipinski definition) is 4. The van der Waals surface area contributed by atoms with Gasteiger partial charge in [0, 0.05) is 19.5 Å². The molecule has 4 rings (SSSR count). The van der Waals surface area contributed by atoms with Crippen LogP contribution in [-0.2, 0) is 24.2 Å². The van der Waals surface area contributed by atoms with E-state index in [9.17, 15) is 4.79 Å². The first-order valence-electron chi connectivity index (χ1n) is 11.7. The predicted octanol–water partition coefficient (Wildman–Crippen LogP) is 4.81. The van der Waals surface area contributed by atoms with Gasteiger partial charge in [0.1, 0.15) is 17.3 Å². The number of unbranched alkanes of at least 4 members (excludes halogenated alkanes) is 1. The van der Waals surface area contributed by atoms with Gasteiger partial charge in [0.25, 0.3) is 0 Å². The maximum atomic E-state index is 12.4. The quantitative estimate of drug-likeness (QED) is 0.310. The Balaban J connectivity index is 1.29. The number of para-hydroxylation sites is 3. The monoisotopic (exact) mass is 457 g/mol. The molecule has 0 unspecified atom stereocenters. The highest BCUT2D eigenvalue weighted by molar-refractivity contribution is 5.78. The van der Waals surface area contributed by atoms with Gasteiger partial charge in [-0.2, -0.15) is 0 Å². The number of hydrogen-bond donors (Lipinski definition) is 1. The summed E-state index contributed by atoms with van der Waals surface area (Å²) >= 11 is 0. The molecule has 0 aliphatic heterocycles. The largest absolute Gasteiger partial charge is 0.497 e. The van der Waals surface area contributed by atoms with E-state index < -0.39 is 0 Å². The number of aryl methyl sites for hydroxylation is 1. The minimum absolute atomic E-state index is 0.00545. The Bertz CT molecular complexity index is 1190. The van der Waals surface area contributed by atoms with E-state index in [0.717, 1.165) is 53.3 Å². The summed E-state index contributed by atoms with van der Waals surface area (Å²) in [6, 6.07) is 25.7. The van der Waals surface area contributed by atoms with Gasteiger partial charge in [0.05, 0.1) is 31.2 Å². The van der Waals surface area contributed by atoms with Gasteiger partial charge in [0.2, 0.25) is 5.91 Å². The van der Waals surface area contributed by atoms with E-state index >= 15 is 0 Å². The van der Waals surface area contributed by atoms with Crippen LogP contribution in [0.2, 0.25) is 0 Å². The summed E-state index contributed by atoms with van der Waals surface area (Å²) < 4.78 is 13.3. The minimum atomic E-state index is 0.00545. The number of nitrogens with zero attached hydrogens (tertiary/aromatic N) is 2. The molecule has 1 N–H and O–H groups in total. The van der Waals surface area contributed by atoms with Crippen LogP contribution in [0, 0.1) is 0 Å². The molecule has 0 radical (unpaired) electrons. The zero-order valence-corrected chi connectivity index (χ0v) is 19.6. The zero-order valence-electron chi connectivity index (χ0n) is 19.6. The normalized spacial score (nSPS) is 10.9. The number of fused-ring (bicyclic) bond motifs is 1. The maximum absolute atomic E-state index is 12.4. The lowest BCUT2D eigenvalue weighted by atomic mass is 10.1. The lowest BCUT2D eigenvalue weighted by Gasteiger charge is -2.11. The summed E-state index contributed by atoms with van der Waals surface area (Å²) in [6.07, 6.45) is 2.98. The number of benzene rings is 3. The zero-order chi connectivity index (χ0) is 23.6. The molecule has 0 bridgehead atoms. The third-order valence-electron chi connectivity index (χ3n) is 5.72. The summed E-state index contributed by atoms with van der Waals surface area (Å²) in [7, 11) is 1.63. The molecule has 3 aromatic carbocycles. The molecule has 0 atom stereocenters. The Kier molecular flexibility index (Phi) is 8.17. The molecule has 4 aromatic rings. The van der Waals surface area contributed by atoms with Crippen LogP contribution in [0.4, 0.5) is 0 Å². The lowest BCUT2D eigenvalue weighted by Crippen LogP contribution is -2.28. The lowest BCUT2D eigenvalue weighted by molar-refractivity contribution is -0.120. The summed E-state index contributed by atoms with van der Waals surface area (Å²) in [4.78, 5) is 17.2. The number of ether oxygens (including phenoxy) is 2. The SMILES string of the molecule is COc1ccc(CC(=O)NCCc2nc3ccccc3n2CCCCOc2ccccc2)cc1. The second kappa shape index (κ2) is 11.9. The van der Waals surface area contributed by atoms with Crippen LogP contribution in [-0.4, -0.2) is 35.7 Å². The topological polar surface area (TPSA) is 65.4 Å². The fourth-order valence-corrected chi connectivity index (χ4v) is 3.95. The number of rotatable bonds is 12. The van der Waals surface area contributed by atoms with Crippen molar-refractivity contribution in [1.82, 2.24) is 14.9 Å². The van der Waals surface area contributed by atoms with Gasteiger partial charge < -0.3 is 19.4 Å². The molecule has 6 nitrogen and oxygen atoms in total. The van der Waals surface area contributed by atoms with Crippen LogP contribution in [0.25, 0.3) is 11.0 Å². The molecular weight excluding hydrogens is 426 g/mol. The molecule has 0 aliphatic rings. The molecule has 34 heavy (non-hydrogen) atoms. The van der Waals surface area contributed by atoms with Crippen molar-refractivity contribution in [2.45, 2.75) is 32.2 Å². The third-order valence-corrected chi connectivity index (χ3v) is 5.72. The van der Waals surface area contributed by atoms with Gasteiger partial charge in [-0.3, -0.25) is 4.79 Å². The summed E-state index contributed by atoms with van der Waals surface area (Å²) in [6.45, 7) is 2.11. The van der Waals surface area contributed by atoms with E-state index in [0.29, 0.717) is 26.0 Å². The van der Waals surface area contributed by atoms with Crippen molar-refractivity contribution < 1.29 is 14.3 Å². The number of carbonyl (C=O) groups excluding carboxylic acids is 1. The summed E-state index contributed by atoms with van der Waals surface area (Å²) in [5.74, 6) is 2.69. The van der Waals surface area contributed by atoms with Crippen molar-refractivity contribution in [2.75, 3.05) is 20.3 Å². The first kappa shape index (κ1) is 23.4. The van der Waals surface area contributed by atoms with E-state index in [1.807, 2.05) is 72.8 Å². The van der Waals surface area contributed by atoms with E-state index in [1.165, 1.54) is 0 Å². The van der Waals surface area contributed by atoms with Crippen LogP contribution in [0.5, 0.6) is 11.5 Å². The molecular formula is C28H31N3O3. The molecule has 1 amide bonds. The second-order valence-electron chi connectivity index (χ2n) is 8.16. The van der Waals surface area contributed by atoms with Crippen molar-refractivity contribution in [2.24, 2.45) is 0 Å². The predicted molar refractivity (Wildman–Crippen MR) is 134 cm³/mol. The second-order valence-corrected chi connectivity index (χ2v) is 8.16. The molecule has 1 heterocycles. The van der Waals surface area contributed by atoms with Crippen LogP contribution in [0.3, 0.4) is 0 Å². The highest BCUT2D eigenvalue weighted by Crippen LogP contribution is 2.18. The summed E-state index contributed by atoms with van der Waals surface area (Å²) in [5.41, 5.74) is 3.08. The van der Waals surface area contributed by atoms with Gasteiger partial charge in [-0.25, -0.2) is 4.98 Å². The molecule has 0 saturated heterocycles. The van der Waals surface area contributed by atoms with E-state index in [2.05, 4.69) is 16.0 Å². The van der Waals surface area contributed by atoms with Crippen LogP contribution in [0.15, 0.2) is 78.9 Å². The Hall–Kier alpha value is -3.80. The van der Waals surface area contributed by atoms with Crippen molar-refractivity contribution in [3.63, 3.8) is 0 Å². The van der Waals surface area contributed by atoms with E-state index in [4.69, 9.17) is 14.5 Å². The smallest absolute Gasteiger partial charge is 0.224 e. The van der Waals surface area contributed by atoms with Gasteiger partial charge >= 0.3 is 0 Å². The molecule has 0 aliphatic carbocycles. The van der Waals surface area contributed by atoms with Crippen LogP contribution < -0.4 is 14.8 Å². The van der Waals surface area contributed by atoms with Crippen molar-refractivity contribution in [3.05, 3.63) is 90.3 Å². The van der Waals surface area contributed by atoms with Crippen molar-refractivity contribution >= 4 is 16.9 Å². The molecule has 1 aromatic heterocycles. The number of nitrogens with one attached hydrogen (secondary N) is 1. The molecule has 176 valence electrons. The Labute approximate surface area is 200 Å². The molecule has 0 saturated carbocycles. The summed E-state index contributed by atoms with van der Waals surface area (Å²) in [5, 5.41) is 3.03. The minimum Gasteiger partial charge on any atom is -0.497 e. The molecule has 0 spiro atoms. The number of aromatic nitrogens is 2. The van der Waals surface area contributed by atoms with Crippen LogP contribution >= 0.6 is 0 Å². The standard InChI is InChI=1S/C28H31N3O3/c1-33-23-15-13-22(14-16-23)21-28(32)29-18-17-27-30-25-11-5-6-12-26(25)31(27)19-7-8-20-34-24-9-3-2-4-10-24/h2-6,9-16H,7-8,17-21H2,1H3,(H,29,32). The average Bonchev–Trinajstić information content (AvgIpc) is 3.22. The fraction of sp³-hybridized carbons (Fsp3) is 0.286. The Morgan fingerprint density at radius 1 is 0.912 bits per heavy atom. The van der Waals surface area contributed by atoms with E-state index in [-0.39, 0.29) is 5.91 Å². The molecule has 6 heteroatoms. The fourth-order valence-electron chi connectivity index (χ4n) is 3.95. The highest BCUT2D eigenvalue weighted by atomic mass is 16.5. The Morgan fingerprint density at radius 3 is 2.47 bits per heavy atom. The van der Waals surface area contributed by atoms with Gasteiger partial charge in [-0.05, 0) is 54.8 Å². The Morgan fingerprint density at radius 2 is 1.68 bits per heavy atom. The molecule has 0 fully saturated rings. The van der Waals surface area contributed by atoms with Crippen LogP contribution in [0.1, 0.15) is 24.2 Å². The highest BCUT2D eigenvalue weighted by Gasteiger charge is 2.11. The number of amides is 1. The first-order valence-corrected chi connectivity index (χ1v) is 11.7. The number of carbonyl (C=O) groups is 1. The van der Waals surface area contributed by atoms with Gasteiger partial charge in [-0.1, -0.05) is 42.5 Å². The van der Waals surface area contributed by atoms with Crippen molar-refractivity contribution in [3.8, 4) is 11.5 Å². The van der Waals surface area contributed by atoms with Gasteiger partial charge in [0.15, 0.2) is 0 Å². The number of methoxy groups -OCH3 is 1. The van der Waals surface area contributed by atoms with Crippen molar-refractivity contribution in [1.29, 1.82) is 0 Å². The first-order chi connectivity index (χ1) is 16.7. The third kappa shape index (κ3) is 6.38. The maximum Gasteiger partial charge on any atom is 0.224 e.